The van der Waals surface area contributed by atoms with Gasteiger partial charge in [-0.05, 0) is 57.0 Å². The summed E-state index contributed by atoms with van der Waals surface area (Å²) in [6.45, 7) is 2.33. The molecule has 26 heavy (non-hydrogen) atoms. The fourth-order valence-corrected chi connectivity index (χ4v) is 4.52. The highest BCUT2D eigenvalue weighted by molar-refractivity contribution is 6.35. The molecule has 146 valence electrons. The predicted octanol–water partition coefficient (Wildman–Crippen LogP) is 4.66. The van der Waals surface area contributed by atoms with Gasteiger partial charge in [-0.3, -0.25) is 9.69 Å². The molecule has 4 nitrogen and oxygen atoms in total. The number of rotatable bonds is 5. The van der Waals surface area contributed by atoms with Crippen LogP contribution >= 0.6 is 35.6 Å². The Kier molecular flexibility index (Phi) is 8.34. The Bertz CT molecular complexity index is 608. The summed E-state index contributed by atoms with van der Waals surface area (Å²) in [5.41, 5.74) is 0. The van der Waals surface area contributed by atoms with Crippen LogP contribution < -0.4 is 4.74 Å². The number of nitrogens with zero attached hydrogens (tertiary/aromatic N) is 2. The molecule has 7 heteroatoms. The number of carbonyl (C=O) groups excluding carboxylic acids is 1. The van der Waals surface area contributed by atoms with E-state index in [1.165, 1.54) is 45.2 Å². The number of likely N-dealkylation sites (N-methyl/N-ethyl adjacent to an activating group) is 1. The second kappa shape index (κ2) is 10.0. The maximum Gasteiger partial charge on any atom is 0.260 e. The van der Waals surface area contributed by atoms with Crippen molar-refractivity contribution in [1.29, 1.82) is 0 Å². The van der Waals surface area contributed by atoms with E-state index in [9.17, 15) is 4.79 Å². The molecule has 2 atom stereocenters. The lowest BCUT2D eigenvalue weighted by molar-refractivity contribution is -0.136. The minimum atomic E-state index is 0. The van der Waals surface area contributed by atoms with Crippen LogP contribution in [0, 0.1) is 0 Å². The minimum absolute atomic E-state index is 0. The number of ether oxygens (including phenoxy) is 1. The van der Waals surface area contributed by atoms with Gasteiger partial charge in [0.15, 0.2) is 6.61 Å². The van der Waals surface area contributed by atoms with Gasteiger partial charge in [0.05, 0.1) is 5.02 Å². The van der Waals surface area contributed by atoms with Crippen molar-refractivity contribution in [2.24, 2.45) is 0 Å². The molecule has 0 spiro atoms. The van der Waals surface area contributed by atoms with Crippen LogP contribution in [-0.2, 0) is 4.79 Å². The SMILES string of the molecule is CN(C(=O)COc1ccc(Cl)cc1Cl)[C@@H]1CCCC[C@H]1N1CCCC1.Cl. The van der Waals surface area contributed by atoms with E-state index in [4.69, 9.17) is 27.9 Å². The topological polar surface area (TPSA) is 32.8 Å². The number of halogens is 3. The van der Waals surface area contributed by atoms with Gasteiger partial charge in [0.2, 0.25) is 0 Å². The van der Waals surface area contributed by atoms with E-state index in [2.05, 4.69) is 4.90 Å². The molecule has 0 bridgehead atoms. The summed E-state index contributed by atoms with van der Waals surface area (Å²) >= 11 is 12.0. The summed E-state index contributed by atoms with van der Waals surface area (Å²) in [5.74, 6) is 0.495. The zero-order valence-electron chi connectivity index (χ0n) is 15.1. The van der Waals surface area contributed by atoms with Gasteiger partial charge in [0.25, 0.3) is 5.91 Å². The van der Waals surface area contributed by atoms with Crippen LogP contribution in [0.25, 0.3) is 0 Å². The lowest BCUT2D eigenvalue weighted by atomic mass is 9.88. The van der Waals surface area contributed by atoms with Crippen LogP contribution in [0.2, 0.25) is 10.0 Å². The van der Waals surface area contributed by atoms with Crippen molar-refractivity contribution in [2.75, 3.05) is 26.7 Å². The van der Waals surface area contributed by atoms with Crippen molar-refractivity contribution < 1.29 is 9.53 Å². The lowest BCUT2D eigenvalue weighted by Crippen LogP contribution is -2.53. The van der Waals surface area contributed by atoms with Crippen molar-refractivity contribution in [2.45, 2.75) is 50.6 Å². The molecule has 3 rings (SSSR count). The molecule has 1 aromatic rings. The summed E-state index contributed by atoms with van der Waals surface area (Å²) in [5, 5.41) is 0.979. The zero-order chi connectivity index (χ0) is 17.8. The maximum absolute atomic E-state index is 12.7. The monoisotopic (exact) mass is 420 g/mol. The second-order valence-electron chi connectivity index (χ2n) is 7.03. The fourth-order valence-electron chi connectivity index (χ4n) is 4.06. The molecule has 0 N–H and O–H groups in total. The Hall–Kier alpha value is -0.680. The third-order valence-electron chi connectivity index (χ3n) is 5.44. The van der Waals surface area contributed by atoms with E-state index >= 15 is 0 Å². The van der Waals surface area contributed by atoms with Crippen molar-refractivity contribution in [3.8, 4) is 5.75 Å². The summed E-state index contributed by atoms with van der Waals surface area (Å²) in [4.78, 5) is 17.1. The first-order chi connectivity index (χ1) is 12.1. The molecule has 1 aromatic carbocycles. The molecule has 1 aliphatic heterocycles. The zero-order valence-corrected chi connectivity index (χ0v) is 17.5. The van der Waals surface area contributed by atoms with E-state index in [-0.39, 0.29) is 31.0 Å². The lowest BCUT2D eigenvalue weighted by Gasteiger charge is -2.42. The molecule has 0 radical (unpaired) electrons. The Balaban J connectivity index is 0.00000243. The minimum Gasteiger partial charge on any atom is -0.482 e. The Labute approximate surface area is 172 Å². The molecule has 2 fully saturated rings. The van der Waals surface area contributed by atoms with E-state index in [0.717, 1.165) is 6.42 Å². The van der Waals surface area contributed by atoms with Gasteiger partial charge in [-0.25, -0.2) is 0 Å². The smallest absolute Gasteiger partial charge is 0.260 e. The first kappa shape index (κ1) is 21.6. The largest absolute Gasteiger partial charge is 0.482 e. The van der Waals surface area contributed by atoms with Crippen molar-refractivity contribution in [3.05, 3.63) is 28.2 Å². The first-order valence-corrected chi connectivity index (χ1v) is 9.89. The molecule has 1 heterocycles. The summed E-state index contributed by atoms with van der Waals surface area (Å²) in [7, 11) is 1.91. The molecular formula is C19H27Cl3N2O2. The van der Waals surface area contributed by atoms with E-state index < -0.39 is 0 Å². The quantitative estimate of drug-likeness (QED) is 0.693. The second-order valence-corrected chi connectivity index (χ2v) is 7.87. The standard InChI is InChI=1S/C19H26Cl2N2O2.ClH/c1-22(16-6-2-3-7-17(16)23-10-4-5-11-23)19(24)13-25-18-9-8-14(20)12-15(18)21;/h8-9,12,16-17H,2-7,10-11,13H2,1H3;1H/t16-,17-;/m1./s1. The predicted molar refractivity (Wildman–Crippen MR) is 109 cm³/mol. The van der Waals surface area contributed by atoms with Gasteiger partial charge in [0, 0.05) is 24.2 Å². The number of hydrogen-bond donors (Lipinski definition) is 0. The highest BCUT2D eigenvalue weighted by Crippen LogP contribution is 2.30. The Morgan fingerprint density at radius 3 is 2.58 bits per heavy atom. The molecule has 1 aliphatic carbocycles. The normalized spacial score (nSPS) is 23.3. The summed E-state index contributed by atoms with van der Waals surface area (Å²) < 4.78 is 5.63. The number of amides is 1. The van der Waals surface area contributed by atoms with Crippen molar-refractivity contribution >= 4 is 41.5 Å². The van der Waals surface area contributed by atoms with Gasteiger partial charge in [-0.15, -0.1) is 12.4 Å². The third-order valence-corrected chi connectivity index (χ3v) is 5.97. The van der Waals surface area contributed by atoms with Gasteiger partial charge in [-0.1, -0.05) is 36.0 Å². The molecule has 1 saturated carbocycles. The third kappa shape index (κ3) is 5.19. The van der Waals surface area contributed by atoms with Gasteiger partial charge < -0.3 is 9.64 Å². The highest BCUT2D eigenvalue weighted by Gasteiger charge is 2.35. The average molecular weight is 422 g/mol. The number of carbonyl (C=O) groups is 1. The number of hydrogen-bond acceptors (Lipinski definition) is 3. The molecule has 1 saturated heterocycles. The van der Waals surface area contributed by atoms with Gasteiger partial charge >= 0.3 is 0 Å². The molecule has 0 aromatic heterocycles. The van der Waals surface area contributed by atoms with Crippen LogP contribution in [0.3, 0.4) is 0 Å². The summed E-state index contributed by atoms with van der Waals surface area (Å²) in [6.07, 6.45) is 7.27. The van der Waals surface area contributed by atoms with Crippen LogP contribution in [0.1, 0.15) is 38.5 Å². The van der Waals surface area contributed by atoms with E-state index in [1.54, 1.807) is 18.2 Å². The van der Waals surface area contributed by atoms with Crippen LogP contribution in [0.15, 0.2) is 18.2 Å². The van der Waals surface area contributed by atoms with Crippen LogP contribution in [0.4, 0.5) is 0 Å². The molecule has 1 amide bonds. The highest BCUT2D eigenvalue weighted by atomic mass is 35.5. The van der Waals surface area contributed by atoms with Crippen molar-refractivity contribution in [3.63, 3.8) is 0 Å². The first-order valence-electron chi connectivity index (χ1n) is 9.14. The average Bonchev–Trinajstić information content (AvgIpc) is 3.14. The fraction of sp³-hybridized carbons (Fsp3) is 0.632. The molecule has 0 unspecified atom stereocenters. The number of benzene rings is 1. The van der Waals surface area contributed by atoms with Crippen molar-refractivity contribution in [1.82, 2.24) is 9.80 Å². The van der Waals surface area contributed by atoms with Gasteiger partial charge in [-0.2, -0.15) is 0 Å². The van der Waals surface area contributed by atoms with E-state index in [0.29, 0.717) is 21.8 Å². The Morgan fingerprint density at radius 1 is 1.19 bits per heavy atom. The number of likely N-dealkylation sites (tertiary alicyclic amines) is 1. The maximum atomic E-state index is 12.7. The molecule has 2 aliphatic rings. The van der Waals surface area contributed by atoms with E-state index in [1.807, 2.05) is 11.9 Å². The van der Waals surface area contributed by atoms with Crippen LogP contribution in [0.5, 0.6) is 5.75 Å². The molecular weight excluding hydrogens is 395 g/mol. The summed E-state index contributed by atoms with van der Waals surface area (Å²) in [6, 6.07) is 5.80. The van der Waals surface area contributed by atoms with Gasteiger partial charge in [0.1, 0.15) is 5.75 Å². The Morgan fingerprint density at radius 2 is 1.88 bits per heavy atom. The van der Waals surface area contributed by atoms with Crippen LogP contribution in [-0.4, -0.2) is 54.5 Å².